The van der Waals surface area contributed by atoms with Gasteiger partial charge in [-0.15, -0.1) is 5.10 Å². The van der Waals surface area contributed by atoms with Crippen molar-refractivity contribution in [3.63, 3.8) is 0 Å². The molecular weight excluding hydrogens is 559 g/mol. The van der Waals surface area contributed by atoms with Gasteiger partial charge in [-0.2, -0.15) is 13.2 Å². The normalized spacial score (nSPS) is 13.9. The molecular formula is C31H30F3N7O2. The van der Waals surface area contributed by atoms with Crippen molar-refractivity contribution in [2.45, 2.75) is 25.6 Å². The fourth-order valence-corrected chi connectivity index (χ4v) is 4.73. The van der Waals surface area contributed by atoms with Gasteiger partial charge in [0.05, 0.1) is 18.3 Å². The number of rotatable bonds is 9. The summed E-state index contributed by atoms with van der Waals surface area (Å²) >= 11 is 0. The summed E-state index contributed by atoms with van der Waals surface area (Å²) in [6, 6.07) is 14.5. The number of benzene rings is 2. The molecule has 4 aromatic rings. The molecule has 0 bridgehead atoms. The van der Waals surface area contributed by atoms with E-state index in [1.165, 1.54) is 44.2 Å². The monoisotopic (exact) mass is 589 g/mol. The molecule has 0 aliphatic carbocycles. The second kappa shape index (κ2) is 13.0. The quantitative estimate of drug-likeness (QED) is 0.263. The van der Waals surface area contributed by atoms with E-state index in [1.807, 2.05) is 10.9 Å². The van der Waals surface area contributed by atoms with Crippen LogP contribution in [0, 0.1) is 0 Å². The number of alkyl halides is 3. The summed E-state index contributed by atoms with van der Waals surface area (Å²) in [5.41, 5.74) is 1.56. The van der Waals surface area contributed by atoms with Crippen molar-refractivity contribution in [2.24, 2.45) is 0 Å². The smallest absolute Gasteiger partial charge is 0.311 e. The minimum atomic E-state index is -4.52. The molecule has 43 heavy (non-hydrogen) atoms. The van der Waals surface area contributed by atoms with Gasteiger partial charge < -0.3 is 15.1 Å². The van der Waals surface area contributed by atoms with Gasteiger partial charge in [0.1, 0.15) is 11.5 Å². The Morgan fingerprint density at radius 1 is 1.02 bits per heavy atom. The Morgan fingerprint density at radius 2 is 1.81 bits per heavy atom. The number of hydrogen-bond donors (Lipinski definition) is 1. The predicted molar refractivity (Wildman–Crippen MR) is 157 cm³/mol. The van der Waals surface area contributed by atoms with Crippen LogP contribution in [0.2, 0.25) is 0 Å². The molecule has 1 aliphatic rings. The first kappa shape index (κ1) is 29.6. The van der Waals surface area contributed by atoms with Crippen LogP contribution in [0.4, 0.5) is 24.7 Å². The lowest BCUT2D eigenvalue weighted by Crippen LogP contribution is -2.26. The third-order valence-electron chi connectivity index (χ3n) is 7.12. The Hall–Kier alpha value is -4.84. The summed E-state index contributed by atoms with van der Waals surface area (Å²) in [7, 11) is 1.41. The molecule has 1 aliphatic heterocycles. The third-order valence-corrected chi connectivity index (χ3v) is 7.12. The molecule has 1 fully saturated rings. The van der Waals surface area contributed by atoms with Crippen LogP contribution in [0.25, 0.3) is 17.3 Å². The lowest BCUT2D eigenvalue weighted by molar-refractivity contribution is -0.137. The zero-order valence-corrected chi connectivity index (χ0v) is 23.5. The van der Waals surface area contributed by atoms with E-state index in [2.05, 4.69) is 25.5 Å². The Balaban J connectivity index is 1.16. The molecule has 0 radical (unpaired) electrons. The number of nitrogens with one attached hydrogen (secondary N) is 1. The lowest BCUT2D eigenvalue weighted by atomic mass is 10.1. The molecule has 0 saturated carbocycles. The van der Waals surface area contributed by atoms with E-state index >= 15 is 0 Å². The molecule has 1 N–H and O–H groups in total. The molecule has 0 atom stereocenters. The van der Waals surface area contributed by atoms with Gasteiger partial charge >= 0.3 is 6.18 Å². The molecule has 1 saturated heterocycles. The van der Waals surface area contributed by atoms with Crippen LogP contribution in [-0.4, -0.2) is 63.4 Å². The van der Waals surface area contributed by atoms with Gasteiger partial charge in [-0.05, 0) is 80.0 Å². The Kier molecular flexibility index (Phi) is 8.96. The standard InChI is InChI=1S/C31H30F3N7O2/c1-39(26-9-5-8-25(19-26)31(32,33)34)30(43)23-7-4-6-22(18-23)10-13-29(42)36-28-12-11-24(20-35-28)27-21-41(38-37-27)17-16-40-14-2-3-15-40/h4-13,18-21H,2-3,14-17H2,1H3,(H,35,36,42)/b13-10+. The van der Waals surface area contributed by atoms with Crippen LogP contribution in [0.15, 0.2) is 79.1 Å². The summed E-state index contributed by atoms with van der Waals surface area (Å²) in [4.78, 5) is 33.4. The summed E-state index contributed by atoms with van der Waals surface area (Å²) < 4.78 is 41.1. The number of hydrogen-bond acceptors (Lipinski definition) is 6. The molecule has 12 heteroatoms. The minimum absolute atomic E-state index is 0.112. The molecule has 2 aromatic heterocycles. The molecule has 2 amide bonds. The highest BCUT2D eigenvalue weighted by Gasteiger charge is 2.31. The summed E-state index contributed by atoms with van der Waals surface area (Å²) in [6.45, 7) is 3.97. The van der Waals surface area contributed by atoms with Crippen molar-refractivity contribution in [3.05, 3.63) is 95.8 Å². The molecule has 9 nitrogen and oxygen atoms in total. The highest BCUT2D eigenvalue weighted by atomic mass is 19.4. The third kappa shape index (κ3) is 7.72. The highest BCUT2D eigenvalue weighted by molar-refractivity contribution is 6.06. The summed E-state index contributed by atoms with van der Waals surface area (Å²) in [5.74, 6) is -0.563. The second-order valence-electron chi connectivity index (χ2n) is 10.2. The minimum Gasteiger partial charge on any atom is -0.311 e. The Bertz CT molecular complexity index is 1610. The van der Waals surface area contributed by atoms with Crippen LogP contribution in [0.5, 0.6) is 0 Å². The van der Waals surface area contributed by atoms with Gasteiger partial charge in [-0.25, -0.2) is 4.98 Å². The van der Waals surface area contributed by atoms with Crippen LogP contribution in [-0.2, 0) is 17.5 Å². The van der Waals surface area contributed by atoms with Gasteiger partial charge in [0.15, 0.2) is 0 Å². The molecule has 3 heterocycles. The maximum atomic E-state index is 13.1. The molecule has 5 rings (SSSR count). The van der Waals surface area contributed by atoms with Crippen molar-refractivity contribution >= 4 is 29.4 Å². The first-order valence-corrected chi connectivity index (χ1v) is 13.8. The summed E-state index contributed by atoms with van der Waals surface area (Å²) in [5, 5.41) is 11.1. The van der Waals surface area contributed by atoms with Gasteiger partial charge in [-0.1, -0.05) is 23.4 Å². The number of likely N-dealkylation sites (tertiary alicyclic amines) is 1. The number of nitrogens with zero attached hydrogens (tertiary/aromatic N) is 6. The van der Waals surface area contributed by atoms with Crippen LogP contribution < -0.4 is 10.2 Å². The Labute approximate surface area is 246 Å². The number of halogens is 3. The van der Waals surface area contributed by atoms with E-state index < -0.39 is 23.6 Å². The average molecular weight is 590 g/mol. The first-order chi connectivity index (χ1) is 20.7. The number of anilines is 2. The zero-order valence-electron chi connectivity index (χ0n) is 23.5. The lowest BCUT2D eigenvalue weighted by Gasteiger charge is -2.19. The second-order valence-corrected chi connectivity index (χ2v) is 10.2. The predicted octanol–water partition coefficient (Wildman–Crippen LogP) is 5.38. The zero-order chi connectivity index (χ0) is 30.4. The molecule has 0 unspecified atom stereocenters. The molecule has 222 valence electrons. The van der Waals surface area contributed by atoms with Crippen LogP contribution >= 0.6 is 0 Å². The number of amides is 2. The van der Waals surface area contributed by atoms with Crippen molar-refractivity contribution in [1.29, 1.82) is 0 Å². The number of aromatic nitrogens is 4. The number of carbonyl (C=O) groups is 2. The maximum Gasteiger partial charge on any atom is 0.416 e. The van der Waals surface area contributed by atoms with Crippen molar-refractivity contribution in [1.82, 2.24) is 24.9 Å². The highest BCUT2D eigenvalue weighted by Crippen LogP contribution is 2.31. The van der Waals surface area contributed by atoms with E-state index in [0.29, 0.717) is 17.1 Å². The van der Waals surface area contributed by atoms with Crippen molar-refractivity contribution in [2.75, 3.05) is 36.9 Å². The van der Waals surface area contributed by atoms with E-state index in [1.54, 1.807) is 42.6 Å². The Morgan fingerprint density at radius 3 is 2.56 bits per heavy atom. The van der Waals surface area contributed by atoms with E-state index in [4.69, 9.17) is 0 Å². The largest absolute Gasteiger partial charge is 0.416 e. The molecule has 0 spiro atoms. The summed E-state index contributed by atoms with van der Waals surface area (Å²) in [6.07, 6.45) is 4.31. The molecule has 2 aromatic carbocycles. The van der Waals surface area contributed by atoms with E-state index in [-0.39, 0.29) is 11.3 Å². The van der Waals surface area contributed by atoms with E-state index in [9.17, 15) is 22.8 Å². The maximum absolute atomic E-state index is 13.1. The average Bonchev–Trinajstić information content (AvgIpc) is 3.71. The SMILES string of the molecule is CN(C(=O)c1cccc(/C=C/C(=O)Nc2ccc(-c3cn(CCN4CCCC4)nn3)cn2)c1)c1cccc(C(F)(F)F)c1. The van der Waals surface area contributed by atoms with Crippen molar-refractivity contribution in [3.8, 4) is 11.3 Å². The van der Waals surface area contributed by atoms with Gasteiger partial charge in [0.25, 0.3) is 5.91 Å². The van der Waals surface area contributed by atoms with Crippen molar-refractivity contribution < 1.29 is 22.8 Å². The van der Waals surface area contributed by atoms with Crippen LogP contribution in [0.3, 0.4) is 0 Å². The van der Waals surface area contributed by atoms with Gasteiger partial charge in [0, 0.05) is 42.7 Å². The van der Waals surface area contributed by atoms with Gasteiger partial charge in [-0.3, -0.25) is 14.3 Å². The van der Waals surface area contributed by atoms with Gasteiger partial charge in [0.2, 0.25) is 5.91 Å². The topological polar surface area (TPSA) is 96.2 Å². The van der Waals surface area contributed by atoms with Crippen LogP contribution in [0.1, 0.15) is 34.3 Å². The fraction of sp³-hybridized carbons (Fsp3) is 0.258. The number of pyridine rings is 1. The van der Waals surface area contributed by atoms with E-state index in [0.717, 1.165) is 48.8 Å². The fourth-order valence-electron chi connectivity index (χ4n) is 4.73. The number of carbonyl (C=O) groups excluding carboxylic acids is 2. The first-order valence-electron chi connectivity index (χ1n) is 13.8.